The van der Waals surface area contributed by atoms with Crippen molar-refractivity contribution in [2.45, 2.75) is 12.2 Å². The fourth-order valence-corrected chi connectivity index (χ4v) is 4.27. The third kappa shape index (κ3) is 3.00. The number of rotatable bonds is 1. The van der Waals surface area contributed by atoms with E-state index in [-0.39, 0.29) is 34.2 Å². The number of fused-ring (bicyclic) bond motifs is 2. The average Bonchev–Trinajstić information content (AvgIpc) is 3.11. The van der Waals surface area contributed by atoms with Gasteiger partial charge in [-0.15, -0.1) is 11.3 Å². The van der Waals surface area contributed by atoms with Gasteiger partial charge in [0.2, 0.25) is 5.96 Å². The summed E-state index contributed by atoms with van der Waals surface area (Å²) in [6, 6.07) is 5.51. The Labute approximate surface area is 171 Å². The normalized spacial score (nSPS) is 15.5. The molecule has 30 heavy (non-hydrogen) atoms. The SMILES string of the molecule is N#CNC1=NC(c2ccc3c(C(F)(F)F)csc3c2)c2c(nc(N)c(C#N)c2N)N1. The lowest BCUT2D eigenvalue weighted by molar-refractivity contribution is -0.136. The summed E-state index contributed by atoms with van der Waals surface area (Å²) in [5, 5.41) is 24.6. The van der Waals surface area contributed by atoms with Gasteiger partial charge in [-0.3, -0.25) is 5.32 Å². The number of halogens is 3. The number of anilines is 3. The highest BCUT2D eigenvalue weighted by Gasteiger charge is 2.34. The van der Waals surface area contributed by atoms with Crippen molar-refractivity contribution in [2.24, 2.45) is 4.99 Å². The van der Waals surface area contributed by atoms with Crippen molar-refractivity contribution in [3.05, 3.63) is 45.8 Å². The number of aliphatic imine (C=N–C) groups is 1. The molecule has 8 nitrogen and oxygen atoms in total. The van der Waals surface area contributed by atoms with Crippen LogP contribution in [0.5, 0.6) is 0 Å². The first-order chi connectivity index (χ1) is 14.2. The van der Waals surface area contributed by atoms with Crippen molar-refractivity contribution in [1.82, 2.24) is 10.3 Å². The van der Waals surface area contributed by atoms with Gasteiger partial charge in [0.25, 0.3) is 0 Å². The summed E-state index contributed by atoms with van der Waals surface area (Å²) in [6.07, 6.45) is -2.73. The monoisotopic (exact) mass is 428 g/mol. The van der Waals surface area contributed by atoms with E-state index in [0.717, 1.165) is 16.7 Å². The Bertz CT molecular complexity index is 1300. The predicted octanol–water partition coefficient (Wildman–Crippen LogP) is 3.29. The number of thiophene rings is 1. The van der Waals surface area contributed by atoms with Crippen LogP contribution in [0.25, 0.3) is 10.1 Å². The number of aromatic nitrogens is 1. The summed E-state index contributed by atoms with van der Waals surface area (Å²) >= 11 is 0.954. The van der Waals surface area contributed by atoms with Crippen molar-refractivity contribution in [3.8, 4) is 12.3 Å². The molecule has 0 fully saturated rings. The molecule has 2 aromatic heterocycles. The molecule has 1 atom stereocenters. The van der Waals surface area contributed by atoms with Gasteiger partial charge in [0.1, 0.15) is 29.3 Å². The Balaban J connectivity index is 1.92. The fraction of sp³-hybridized carbons (Fsp3) is 0.111. The minimum Gasteiger partial charge on any atom is -0.397 e. The van der Waals surface area contributed by atoms with E-state index in [9.17, 15) is 18.4 Å². The minimum atomic E-state index is -4.46. The van der Waals surface area contributed by atoms with Gasteiger partial charge in [-0.05, 0) is 11.6 Å². The van der Waals surface area contributed by atoms with E-state index in [1.807, 2.05) is 6.07 Å². The molecule has 150 valence electrons. The molecule has 3 aromatic rings. The van der Waals surface area contributed by atoms with Crippen molar-refractivity contribution < 1.29 is 13.2 Å². The zero-order chi connectivity index (χ0) is 21.6. The lowest BCUT2D eigenvalue weighted by atomic mass is 9.94. The molecule has 1 aliphatic heterocycles. The van der Waals surface area contributed by atoms with Gasteiger partial charge < -0.3 is 16.8 Å². The van der Waals surface area contributed by atoms with Crippen molar-refractivity contribution in [2.75, 3.05) is 16.8 Å². The van der Waals surface area contributed by atoms with Gasteiger partial charge in [0.05, 0.1) is 11.3 Å². The van der Waals surface area contributed by atoms with Crippen molar-refractivity contribution >= 4 is 44.7 Å². The molecular weight excluding hydrogens is 417 g/mol. The second-order valence-corrected chi connectivity index (χ2v) is 7.22. The molecule has 12 heteroatoms. The first-order valence-corrected chi connectivity index (χ1v) is 9.19. The van der Waals surface area contributed by atoms with Gasteiger partial charge in [0, 0.05) is 21.0 Å². The molecule has 4 rings (SSSR count). The number of benzene rings is 1. The molecule has 6 N–H and O–H groups in total. The highest BCUT2D eigenvalue weighted by molar-refractivity contribution is 7.17. The van der Waals surface area contributed by atoms with E-state index < -0.39 is 17.8 Å². The Morgan fingerprint density at radius 1 is 1.23 bits per heavy atom. The second-order valence-electron chi connectivity index (χ2n) is 6.30. The van der Waals surface area contributed by atoms with Crippen LogP contribution in [0.3, 0.4) is 0 Å². The van der Waals surface area contributed by atoms with Crippen LogP contribution in [-0.2, 0) is 6.18 Å². The maximum atomic E-state index is 13.2. The number of nitrogen functional groups attached to an aromatic ring is 2. The fourth-order valence-electron chi connectivity index (χ4n) is 3.26. The number of hydrogen-bond acceptors (Lipinski definition) is 9. The largest absolute Gasteiger partial charge is 0.417 e. The summed E-state index contributed by atoms with van der Waals surface area (Å²) in [6.45, 7) is 0. The van der Waals surface area contributed by atoms with Crippen LogP contribution in [0.4, 0.5) is 30.5 Å². The number of hydrogen-bond donors (Lipinski definition) is 4. The first-order valence-electron chi connectivity index (χ1n) is 8.31. The first kappa shape index (κ1) is 19.3. The molecule has 0 aliphatic carbocycles. The highest BCUT2D eigenvalue weighted by Crippen LogP contribution is 2.43. The number of nitriles is 2. The lowest BCUT2D eigenvalue weighted by Crippen LogP contribution is -2.32. The second kappa shape index (κ2) is 6.79. The van der Waals surface area contributed by atoms with Crippen molar-refractivity contribution in [3.63, 3.8) is 0 Å². The molecule has 0 bridgehead atoms. The number of guanidine groups is 1. The number of alkyl halides is 3. The summed E-state index contributed by atoms with van der Waals surface area (Å²) in [5.74, 6) is 0.166. The summed E-state index contributed by atoms with van der Waals surface area (Å²) < 4.78 is 40.0. The van der Waals surface area contributed by atoms with Gasteiger partial charge in [-0.2, -0.15) is 23.7 Å². The molecule has 0 radical (unpaired) electrons. The van der Waals surface area contributed by atoms with Crippen LogP contribution >= 0.6 is 11.3 Å². The Morgan fingerprint density at radius 2 is 2.00 bits per heavy atom. The van der Waals surface area contributed by atoms with Crippen LogP contribution in [0.15, 0.2) is 28.6 Å². The molecule has 0 spiro atoms. The van der Waals surface area contributed by atoms with E-state index >= 15 is 0 Å². The maximum Gasteiger partial charge on any atom is 0.417 e. The number of nitrogens with two attached hydrogens (primary N) is 2. The molecule has 0 saturated carbocycles. The minimum absolute atomic E-state index is 0.0241. The van der Waals surface area contributed by atoms with Gasteiger partial charge >= 0.3 is 6.18 Å². The summed E-state index contributed by atoms with van der Waals surface area (Å²) in [7, 11) is 0. The van der Waals surface area contributed by atoms with Crippen LogP contribution in [0.2, 0.25) is 0 Å². The van der Waals surface area contributed by atoms with E-state index in [4.69, 9.17) is 16.7 Å². The molecule has 0 amide bonds. The van der Waals surface area contributed by atoms with Crippen LogP contribution in [-0.4, -0.2) is 10.9 Å². The summed E-state index contributed by atoms with van der Waals surface area (Å²) in [5.41, 5.74) is 12.1. The van der Waals surface area contributed by atoms with E-state index in [2.05, 4.69) is 20.6 Å². The third-order valence-electron chi connectivity index (χ3n) is 4.58. The Morgan fingerprint density at radius 3 is 2.67 bits per heavy atom. The Kier molecular flexibility index (Phi) is 4.37. The number of pyridine rings is 1. The van der Waals surface area contributed by atoms with Crippen LogP contribution in [0.1, 0.15) is 28.3 Å². The van der Waals surface area contributed by atoms with E-state index in [1.54, 1.807) is 12.3 Å². The zero-order valence-electron chi connectivity index (χ0n) is 14.9. The number of nitrogens with one attached hydrogen (secondary N) is 2. The van der Waals surface area contributed by atoms with Gasteiger partial charge in [0.15, 0.2) is 6.19 Å². The van der Waals surface area contributed by atoms with Gasteiger partial charge in [-0.25, -0.2) is 9.98 Å². The predicted molar refractivity (Wildman–Crippen MR) is 106 cm³/mol. The van der Waals surface area contributed by atoms with E-state index in [0.29, 0.717) is 15.8 Å². The molecule has 1 unspecified atom stereocenters. The zero-order valence-corrected chi connectivity index (χ0v) is 15.7. The third-order valence-corrected chi connectivity index (χ3v) is 5.52. The van der Waals surface area contributed by atoms with Crippen LogP contribution < -0.4 is 22.1 Å². The topological polar surface area (TPSA) is 149 Å². The smallest absolute Gasteiger partial charge is 0.397 e. The van der Waals surface area contributed by atoms with Crippen molar-refractivity contribution in [1.29, 1.82) is 10.5 Å². The highest BCUT2D eigenvalue weighted by atomic mass is 32.1. The molecular formula is C18H11F3N8S. The molecule has 1 aromatic carbocycles. The standard InChI is InChI=1S/C18H11F3N8S/c19-18(20,21)10-5-30-11-3-7(1-2-8(10)11)14-12-13(24)9(4-22)15(25)28-16(12)29-17(27-14)26-6-23/h1-3,5,14H,(H6,24,25,26,27,28,29). The number of nitrogens with zero attached hydrogens (tertiary/aromatic N) is 4. The molecule has 1 aliphatic rings. The quantitative estimate of drug-likeness (QED) is 0.343. The molecule has 3 heterocycles. The lowest BCUT2D eigenvalue weighted by Gasteiger charge is -2.26. The van der Waals surface area contributed by atoms with E-state index in [1.165, 1.54) is 12.1 Å². The van der Waals surface area contributed by atoms with Crippen LogP contribution in [0, 0.1) is 22.8 Å². The maximum absolute atomic E-state index is 13.2. The molecule has 0 saturated heterocycles. The average molecular weight is 428 g/mol. The summed E-state index contributed by atoms with van der Waals surface area (Å²) in [4.78, 5) is 8.54. The Hall–Kier alpha value is -4.03. The van der Waals surface area contributed by atoms with Gasteiger partial charge in [-0.1, -0.05) is 12.1 Å².